The second-order valence-electron chi connectivity index (χ2n) is 5.32. The van der Waals surface area contributed by atoms with Crippen LogP contribution in [0, 0.1) is 0 Å². The van der Waals surface area contributed by atoms with Gasteiger partial charge in [0.25, 0.3) is 0 Å². The predicted octanol–water partition coefficient (Wildman–Crippen LogP) is 2.55. The monoisotopic (exact) mass is 339 g/mol. The molecule has 0 aromatic carbocycles. The summed E-state index contributed by atoms with van der Waals surface area (Å²) < 4.78 is 9.31. The van der Waals surface area contributed by atoms with Gasteiger partial charge in [0.1, 0.15) is 5.56 Å². The van der Waals surface area contributed by atoms with Crippen molar-refractivity contribution in [3.63, 3.8) is 0 Å². The summed E-state index contributed by atoms with van der Waals surface area (Å²) in [7, 11) is 1.35. The summed E-state index contributed by atoms with van der Waals surface area (Å²) >= 11 is 1.43. The van der Waals surface area contributed by atoms with Crippen molar-refractivity contribution in [3.8, 4) is 0 Å². The van der Waals surface area contributed by atoms with E-state index in [0.717, 1.165) is 15.9 Å². The molecule has 0 spiro atoms. The fourth-order valence-electron chi connectivity index (χ4n) is 2.75. The SMILES string of the molecule is COC(=O)c1cccn2cc(Cn3ccc(=O)c4sccc43)nc12. The van der Waals surface area contributed by atoms with Gasteiger partial charge in [-0.05, 0) is 23.6 Å². The van der Waals surface area contributed by atoms with E-state index in [1.54, 1.807) is 28.8 Å². The highest BCUT2D eigenvalue weighted by Gasteiger charge is 2.14. The van der Waals surface area contributed by atoms with Crippen molar-refractivity contribution >= 4 is 33.2 Å². The third-order valence-corrected chi connectivity index (χ3v) is 4.77. The summed E-state index contributed by atoms with van der Waals surface area (Å²) in [4.78, 5) is 28.3. The van der Waals surface area contributed by atoms with Crippen LogP contribution in [0.25, 0.3) is 15.9 Å². The van der Waals surface area contributed by atoms with Crippen LogP contribution in [0.15, 0.2) is 53.0 Å². The van der Waals surface area contributed by atoms with Crippen molar-refractivity contribution in [1.29, 1.82) is 0 Å². The molecule has 0 N–H and O–H groups in total. The topological polar surface area (TPSA) is 65.6 Å². The number of imidazole rings is 1. The molecule has 120 valence electrons. The average Bonchev–Trinajstić information content (AvgIpc) is 3.23. The summed E-state index contributed by atoms with van der Waals surface area (Å²) in [5, 5.41) is 1.90. The molecule has 0 bridgehead atoms. The molecule has 0 amide bonds. The van der Waals surface area contributed by atoms with E-state index in [4.69, 9.17) is 4.74 Å². The van der Waals surface area contributed by atoms with Crippen LogP contribution in [0.3, 0.4) is 0 Å². The number of esters is 1. The second kappa shape index (κ2) is 5.61. The summed E-state index contributed by atoms with van der Waals surface area (Å²) in [5.41, 5.74) is 2.69. The Hall–Kier alpha value is -2.93. The summed E-state index contributed by atoms with van der Waals surface area (Å²) in [6, 6.07) is 6.96. The first-order valence-electron chi connectivity index (χ1n) is 7.29. The largest absolute Gasteiger partial charge is 0.465 e. The molecular weight excluding hydrogens is 326 g/mol. The molecule has 24 heavy (non-hydrogen) atoms. The normalized spacial score (nSPS) is 11.2. The molecule has 6 nitrogen and oxygen atoms in total. The highest BCUT2D eigenvalue weighted by molar-refractivity contribution is 7.17. The van der Waals surface area contributed by atoms with Gasteiger partial charge in [0.15, 0.2) is 11.1 Å². The molecule has 0 saturated carbocycles. The zero-order valence-electron chi connectivity index (χ0n) is 12.8. The zero-order valence-corrected chi connectivity index (χ0v) is 13.6. The number of hydrogen-bond acceptors (Lipinski definition) is 5. The van der Waals surface area contributed by atoms with Crippen molar-refractivity contribution in [2.75, 3.05) is 7.11 Å². The number of rotatable bonds is 3. The van der Waals surface area contributed by atoms with Gasteiger partial charge in [0.2, 0.25) is 0 Å². The van der Waals surface area contributed by atoms with E-state index in [-0.39, 0.29) is 5.43 Å². The molecule has 0 radical (unpaired) electrons. The molecule has 4 aromatic rings. The highest BCUT2D eigenvalue weighted by Crippen LogP contribution is 2.18. The lowest BCUT2D eigenvalue weighted by Crippen LogP contribution is -2.07. The Kier molecular flexibility index (Phi) is 3.42. The lowest BCUT2D eigenvalue weighted by Gasteiger charge is -2.05. The number of nitrogens with zero attached hydrogens (tertiary/aromatic N) is 3. The van der Waals surface area contributed by atoms with Crippen LogP contribution >= 0.6 is 11.3 Å². The van der Waals surface area contributed by atoms with Gasteiger partial charge >= 0.3 is 5.97 Å². The Morgan fingerprint density at radius 2 is 2.17 bits per heavy atom. The fourth-order valence-corrected chi connectivity index (χ4v) is 3.57. The first kappa shape index (κ1) is 14.6. The summed E-state index contributed by atoms with van der Waals surface area (Å²) in [5.74, 6) is -0.415. The first-order chi connectivity index (χ1) is 11.7. The molecule has 0 aliphatic rings. The quantitative estimate of drug-likeness (QED) is 0.538. The molecule has 0 aliphatic heterocycles. The minimum atomic E-state index is -0.415. The van der Waals surface area contributed by atoms with E-state index in [1.807, 2.05) is 28.4 Å². The molecule has 4 aromatic heterocycles. The Balaban J connectivity index is 1.80. The number of aromatic nitrogens is 3. The van der Waals surface area contributed by atoms with E-state index >= 15 is 0 Å². The van der Waals surface area contributed by atoms with E-state index in [2.05, 4.69) is 4.98 Å². The van der Waals surface area contributed by atoms with E-state index in [1.165, 1.54) is 18.4 Å². The van der Waals surface area contributed by atoms with E-state index < -0.39 is 5.97 Å². The zero-order chi connectivity index (χ0) is 16.7. The molecule has 4 rings (SSSR count). The molecule has 4 heterocycles. The van der Waals surface area contributed by atoms with Crippen LogP contribution in [0.4, 0.5) is 0 Å². The van der Waals surface area contributed by atoms with Crippen molar-refractivity contribution in [3.05, 3.63) is 69.7 Å². The van der Waals surface area contributed by atoms with Gasteiger partial charge in [0.05, 0.1) is 29.6 Å². The Morgan fingerprint density at radius 3 is 3.00 bits per heavy atom. The number of thiophene rings is 1. The van der Waals surface area contributed by atoms with E-state index in [9.17, 15) is 9.59 Å². The lowest BCUT2D eigenvalue weighted by atomic mass is 10.3. The molecule has 0 fully saturated rings. The summed E-state index contributed by atoms with van der Waals surface area (Å²) in [6.45, 7) is 0.510. The van der Waals surface area contributed by atoms with Crippen LogP contribution in [0.2, 0.25) is 0 Å². The van der Waals surface area contributed by atoms with E-state index in [0.29, 0.717) is 17.8 Å². The first-order valence-corrected chi connectivity index (χ1v) is 8.17. The molecule has 7 heteroatoms. The van der Waals surface area contributed by atoms with Crippen LogP contribution < -0.4 is 5.43 Å². The molecule has 0 atom stereocenters. The maximum absolute atomic E-state index is 11.9. The van der Waals surface area contributed by atoms with Gasteiger partial charge in [-0.25, -0.2) is 9.78 Å². The summed E-state index contributed by atoms with van der Waals surface area (Å²) in [6.07, 6.45) is 5.48. The van der Waals surface area contributed by atoms with Crippen LogP contribution in [0.5, 0.6) is 0 Å². The van der Waals surface area contributed by atoms with Gasteiger partial charge in [0, 0.05) is 24.7 Å². The van der Waals surface area contributed by atoms with Crippen molar-refractivity contribution in [1.82, 2.24) is 14.0 Å². The van der Waals surface area contributed by atoms with Crippen LogP contribution in [-0.4, -0.2) is 27.0 Å². The molecular formula is C17H13N3O3S. The minimum absolute atomic E-state index is 0.0271. The number of carbonyl (C=O) groups excluding carboxylic acids is 1. The molecule has 0 aliphatic carbocycles. The number of methoxy groups -OCH3 is 1. The van der Waals surface area contributed by atoms with Gasteiger partial charge in [-0.2, -0.15) is 0 Å². The minimum Gasteiger partial charge on any atom is -0.465 e. The third kappa shape index (κ3) is 2.30. The number of carbonyl (C=O) groups is 1. The fraction of sp³-hybridized carbons (Fsp3) is 0.118. The number of pyridine rings is 2. The van der Waals surface area contributed by atoms with Crippen molar-refractivity contribution in [2.45, 2.75) is 6.54 Å². The van der Waals surface area contributed by atoms with Crippen LogP contribution in [0.1, 0.15) is 16.1 Å². The Bertz CT molecular complexity index is 1120. The number of hydrogen-bond donors (Lipinski definition) is 0. The third-order valence-electron chi connectivity index (χ3n) is 3.85. The highest BCUT2D eigenvalue weighted by atomic mass is 32.1. The van der Waals surface area contributed by atoms with Crippen molar-refractivity contribution in [2.24, 2.45) is 0 Å². The smallest absolute Gasteiger partial charge is 0.341 e. The van der Waals surface area contributed by atoms with Crippen molar-refractivity contribution < 1.29 is 9.53 Å². The van der Waals surface area contributed by atoms with Crippen LogP contribution in [-0.2, 0) is 11.3 Å². The number of fused-ring (bicyclic) bond motifs is 2. The standard InChI is InChI=1S/C17H13N3O3S/c1-23-17(22)12-3-2-6-20-10-11(18-16(12)20)9-19-7-4-14(21)15-13(19)5-8-24-15/h2-8,10H,9H2,1H3. The number of ether oxygens (including phenoxy) is 1. The molecule has 0 saturated heterocycles. The average molecular weight is 339 g/mol. The van der Waals surface area contributed by atoms with Gasteiger partial charge in [-0.1, -0.05) is 0 Å². The van der Waals surface area contributed by atoms with Gasteiger partial charge in [-0.3, -0.25) is 4.79 Å². The maximum Gasteiger partial charge on any atom is 0.341 e. The Morgan fingerprint density at radius 1 is 1.29 bits per heavy atom. The predicted molar refractivity (Wildman–Crippen MR) is 91.7 cm³/mol. The second-order valence-corrected chi connectivity index (χ2v) is 6.24. The van der Waals surface area contributed by atoms with Gasteiger partial charge < -0.3 is 13.7 Å². The van der Waals surface area contributed by atoms with Gasteiger partial charge in [-0.15, -0.1) is 11.3 Å². The maximum atomic E-state index is 11.9. The lowest BCUT2D eigenvalue weighted by molar-refractivity contribution is 0.0602. The molecule has 0 unspecified atom stereocenters. The Labute approximate surface area is 140 Å².